The minimum atomic E-state index is -1.37. The Labute approximate surface area is 546 Å². The number of aliphatic imine (C=N–C) groups is 6. The maximum Gasteiger partial charge on any atom is 0.341 e. The van der Waals surface area contributed by atoms with E-state index in [1.165, 1.54) is 18.6 Å². The van der Waals surface area contributed by atoms with E-state index in [9.17, 15) is 44.1 Å². The number of carboxylic acid groups (broad SMARTS) is 3. The molecular weight excluding hydrogens is 1250 g/mol. The maximum atomic E-state index is 15.7. The number of halogens is 2. The van der Waals surface area contributed by atoms with Gasteiger partial charge in [-0.25, -0.2) is 23.2 Å². The Morgan fingerprint density at radius 2 is 0.750 bits per heavy atom. The number of hydrogen-bond donors (Lipinski definition) is 9. The molecule has 15 N–H and O–H groups in total. The summed E-state index contributed by atoms with van der Waals surface area (Å²) in [4.78, 5) is 115. The fourth-order valence-electron chi connectivity index (χ4n) is 12.6. The highest BCUT2D eigenvalue weighted by Crippen LogP contribution is 2.41. The van der Waals surface area contributed by atoms with Crippen molar-refractivity contribution in [3.05, 3.63) is 120 Å². The molecule has 96 heavy (non-hydrogen) atoms. The maximum absolute atomic E-state index is 15.7. The van der Waals surface area contributed by atoms with Crippen LogP contribution in [0.1, 0.15) is 87.7 Å². The molecule has 3 aliphatic heterocycles. The van der Waals surface area contributed by atoms with Gasteiger partial charge in [0.2, 0.25) is 34.2 Å². The van der Waals surface area contributed by atoms with E-state index in [1.807, 2.05) is 36.3 Å². The van der Waals surface area contributed by atoms with Crippen molar-refractivity contribution in [2.45, 2.75) is 56.7 Å². The van der Waals surface area contributed by atoms with Crippen molar-refractivity contribution in [1.82, 2.24) is 33.3 Å². The fraction of sp³-hybridized carbons (Fsp3) is 0.429. The van der Waals surface area contributed by atoms with E-state index in [1.54, 1.807) is 37.1 Å². The van der Waals surface area contributed by atoms with Crippen LogP contribution in [0.4, 0.5) is 25.8 Å². The Bertz CT molecular complexity index is 4280. The second-order valence-electron chi connectivity index (χ2n) is 24.7. The monoisotopic (exact) mass is 1320 g/mol. The van der Waals surface area contributed by atoms with Crippen molar-refractivity contribution in [3.8, 4) is 0 Å². The number of piperazine rings is 3. The topological polar surface area (TPSA) is 431 Å². The van der Waals surface area contributed by atoms with Gasteiger partial charge in [0.15, 0.2) is 17.9 Å². The molecule has 6 aliphatic rings. The Morgan fingerprint density at radius 3 is 1.07 bits per heavy atom. The third kappa shape index (κ3) is 14.1. The number of anilines is 3. The van der Waals surface area contributed by atoms with Gasteiger partial charge < -0.3 is 92.8 Å². The Kier molecular flexibility index (Phi) is 18.5. The van der Waals surface area contributed by atoms with Gasteiger partial charge >= 0.3 is 17.9 Å². The van der Waals surface area contributed by atoms with Crippen LogP contribution < -0.4 is 65.4 Å². The number of fused-ring (bicyclic) bond motifs is 3. The average molecular weight is 1320 g/mol. The zero-order valence-electron chi connectivity index (χ0n) is 52.6. The summed E-state index contributed by atoms with van der Waals surface area (Å²) in [6.07, 6.45) is 9.22. The van der Waals surface area contributed by atoms with Crippen molar-refractivity contribution >= 4 is 103 Å². The lowest BCUT2D eigenvalue weighted by atomic mass is 10.1. The first-order valence-electron chi connectivity index (χ1n) is 31.9. The second kappa shape index (κ2) is 27.2. The molecule has 0 atom stereocenters. The third-order valence-electron chi connectivity index (χ3n) is 18.3. The van der Waals surface area contributed by atoms with E-state index in [0.29, 0.717) is 120 Å². The van der Waals surface area contributed by atoms with Crippen LogP contribution >= 0.6 is 0 Å². The summed E-state index contributed by atoms with van der Waals surface area (Å²) in [6, 6.07) is 11.1. The number of aromatic carboxylic acids is 3. The van der Waals surface area contributed by atoms with Gasteiger partial charge in [0.05, 0.1) is 47.6 Å². The summed E-state index contributed by atoms with van der Waals surface area (Å²) < 4.78 is 36.9. The zero-order valence-corrected chi connectivity index (χ0v) is 52.6. The van der Waals surface area contributed by atoms with Gasteiger partial charge in [-0.2, -0.15) is 15.0 Å². The first-order chi connectivity index (χ1) is 46.1. The van der Waals surface area contributed by atoms with Crippen LogP contribution in [0.3, 0.4) is 0 Å². The van der Waals surface area contributed by atoms with Gasteiger partial charge in [-0.15, -0.1) is 0 Å². The van der Waals surface area contributed by atoms with Crippen molar-refractivity contribution in [2.75, 3.05) is 133 Å². The number of nitrogens with zero attached hydrogens (tertiary/aromatic N) is 16. The number of pyridine rings is 3. The molecule has 3 aromatic carbocycles. The van der Waals surface area contributed by atoms with Crippen LogP contribution in [0, 0.1) is 11.6 Å². The minimum absolute atomic E-state index is 0.0102. The third-order valence-corrected chi connectivity index (χ3v) is 18.3. The molecule has 0 spiro atoms. The zero-order chi connectivity index (χ0) is 67.8. The summed E-state index contributed by atoms with van der Waals surface area (Å²) in [5.41, 5.74) is 38.4. The Balaban J connectivity index is 0.675. The van der Waals surface area contributed by atoms with Crippen molar-refractivity contribution < 1.29 is 38.5 Å². The molecule has 3 saturated carbocycles. The quantitative estimate of drug-likeness (QED) is 0.0427. The molecule has 506 valence electrons. The van der Waals surface area contributed by atoms with Crippen molar-refractivity contribution in [1.29, 1.82) is 0 Å². The van der Waals surface area contributed by atoms with Crippen LogP contribution in [-0.2, 0) is 0 Å². The lowest BCUT2D eigenvalue weighted by Gasteiger charge is -2.36. The highest BCUT2D eigenvalue weighted by molar-refractivity contribution is 5.98. The normalized spacial score (nSPS) is 18.2. The summed E-state index contributed by atoms with van der Waals surface area (Å²) in [5.74, 6) is -5.08. The van der Waals surface area contributed by atoms with Crippen LogP contribution in [0.25, 0.3) is 32.7 Å². The number of hydrogen-bond acceptors (Lipinski definition) is 13. The lowest BCUT2D eigenvalue weighted by molar-refractivity contribution is 0.0684. The Hall–Kier alpha value is -10.9. The predicted octanol–water partition coefficient (Wildman–Crippen LogP) is 0.965. The summed E-state index contributed by atoms with van der Waals surface area (Å²) in [6.45, 7) is 6.52. The number of aromatic nitrogens is 3. The van der Waals surface area contributed by atoms with Crippen molar-refractivity contribution in [3.63, 3.8) is 0 Å². The van der Waals surface area contributed by atoms with Gasteiger partial charge in [-0.1, -0.05) is 0 Å². The van der Waals surface area contributed by atoms with E-state index in [0.717, 1.165) is 56.3 Å². The molecule has 6 heterocycles. The molecular formula is C63H76F2N22O9. The largest absolute Gasteiger partial charge is 0.477 e. The molecule has 0 amide bonds. The van der Waals surface area contributed by atoms with E-state index in [-0.39, 0.29) is 101 Å². The molecule has 0 unspecified atom stereocenters. The number of carboxylic acids is 3. The van der Waals surface area contributed by atoms with E-state index >= 15 is 8.78 Å². The first kappa shape index (κ1) is 65.2. The number of guanidine groups is 6. The number of rotatable bonds is 18. The molecule has 3 aliphatic carbocycles. The molecule has 0 bridgehead atoms. The Morgan fingerprint density at radius 1 is 0.438 bits per heavy atom. The number of nitrogens with two attached hydrogens (primary N) is 6. The molecule has 12 rings (SSSR count). The highest BCUT2D eigenvalue weighted by atomic mass is 19.1. The second-order valence-corrected chi connectivity index (χ2v) is 24.7. The summed E-state index contributed by atoms with van der Waals surface area (Å²) in [5, 5.41) is 29.4. The van der Waals surface area contributed by atoms with E-state index in [4.69, 9.17) is 34.4 Å². The summed E-state index contributed by atoms with van der Waals surface area (Å²) >= 11 is 0. The lowest BCUT2D eigenvalue weighted by Crippen LogP contribution is -2.51. The standard InChI is InChI=1S/C63H76F2N22O9/c64-45-28-40-48(86(36-3-4-36)33-43(53(40)89)56(93)94)30-50(45)80-17-23-83(24-18-80)62(70)76-59(67)73-10-13-78(12-9-72-58(66)75-61(69)82-21-15-79(16-22-82)38-7-8-39-47(27-38)85(35-1-2-35)32-42(52(39)88)55(91)92)14-11-74-60(68)77-63(71)84-25-19-81(20-26-84)51-31-49-41(29-46(51)65)54(90)44(57(95)96)34-87(49)37-5-6-37/h7-8,27-37H,1-6,9-26H2,(H,91,92)(H,93,94)(H,95,96)(H4,66,69,72,75)(H4,67,70,73,76)(H4,68,71,74,77). The van der Waals surface area contributed by atoms with Crippen LogP contribution in [0.15, 0.2) is 105 Å². The van der Waals surface area contributed by atoms with Crippen LogP contribution in [-0.4, -0.2) is 220 Å². The molecule has 6 aromatic rings. The van der Waals surface area contributed by atoms with Gasteiger partial charge in [-0.05, 0) is 81.0 Å². The van der Waals surface area contributed by atoms with Crippen molar-refractivity contribution in [2.24, 2.45) is 64.4 Å². The highest BCUT2D eigenvalue weighted by Gasteiger charge is 2.33. The smallest absolute Gasteiger partial charge is 0.341 e. The molecule has 33 heteroatoms. The molecule has 6 fully saturated rings. The number of carbonyl (C=O) groups is 3. The summed E-state index contributed by atoms with van der Waals surface area (Å²) in [7, 11) is 0. The fourth-order valence-corrected chi connectivity index (χ4v) is 12.6. The van der Waals surface area contributed by atoms with Gasteiger partial charge in [0.1, 0.15) is 28.3 Å². The van der Waals surface area contributed by atoms with Crippen LogP contribution in [0.5, 0.6) is 0 Å². The van der Waals surface area contributed by atoms with E-state index in [2.05, 4.69) is 34.9 Å². The predicted molar refractivity (Wildman–Crippen MR) is 362 cm³/mol. The van der Waals surface area contributed by atoms with E-state index < -0.39 is 57.0 Å². The molecule has 0 radical (unpaired) electrons. The first-order valence-corrected chi connectivity index (χ1v) is 31.9. The van der Waals surface area contributed by atoms with Gasteiger partial charge in [0, 0.05) is 157 Å². The minimum Gasteiger partial charge on any atom is -0.477 e. The molecule has 3 saturated heterocycles. The average Bonchev–Trinajstić information content (AvgIpc) is 1.44. The SMILES string of the molecule is NC(=NCCN(CCN=C(N)/N=C(\N)N1CCN(c2cc3c(cc2F)c(=O)c(C(=O)O)cn3C2CC2)CC1)CCN=C(N)/N=C(\N)N1CCN(c2cc3c(cc2F)c(=O)c(C(=O)O)cn3C2CC2)CC1)/N=C(/N)N1CCN(c2ccc3c(=O)c(C(=O)O)cn(C4CC4)c3c2)CC1. The number of benzene rings is 3. The molecule has 3 aromatic heterocycles. The molecule has 31 nitrogen and oxygen atoms in total. The van der Waals surface area contributed by atoms with Gasteiger partial charge in [0.25, 0.3) is 0 Å². The van der Waals surface area contributed by atoms with Crippen LogP contribution in [0.2, 0.25) is 0 Å². The van der Waals surface area contributed by atoms with Gasteiger partial charge in [-0.3, -0.25) is 34.3 Å².